The number of carbonyl (C=O) groups is 1. The van der Waals surface area contributed by atoms with Crippen LogP contribution in [-0.2, 0) is 7.05 Å². The molecule has 2 atom stereocenters. The summed E-state index contributed by atoms with van der Waals surface area (Å²) in [7, 11) is 1.99. The van der Waals surface area contributed by atoms with Gasteiger partial charge in [-0.25, -0.2) is 4.98 Å². The first-order chi connectivity index (χ1) is 12.0. The summed E-state index contributed by atoms with van der Waals surface area (Å²) in [5, 5.41) is 10.1. The molecule has 1 amide bonds. The number of aryl methyl sites for hydroxylation is 2. The van der Waals surface area contributed by atoms with E-state index >= 15 is 0 Å². The van der Waals surface area contributed by atoms with Crippen molar-refractivity contribution in [2.45, 2.75) is 38.3 Å². The Hall–Kier alpha value is -1.92. The van der Waals surface area contributed by atoms with Crippen LogP contribution in [0.3, 0.4) is 0 Å². The van der Waals surface area contributed by atoms with Crippen LogP contribution in [0.1, 0.15) is 35.4 Å². The fourth-order valence-corrected chi connectivity index (χ4v) is 4.24. The van der Waals surface area contributed by atoms with Gasteiger partial charge in [0.1, 0.15) is 5.82 Å². The molecule has 6 heteroatoms. The monoisotopic (exact) mass is 342 g/mol. The van der Waals surface area contributed by atoms with E-state index in [2.05, 4.69) is 9.88 Å². The fraction of sp³-hybridized carbons (Fsp3) is 0.579. The molecule has 1 aliphatic carbocycles. The third-order valence-electron chi connectivity index (χ3n) is 5.87. The van der Waals surface area contributed by atoms with Crippen LogP contribution in [0.15, 0.2) is 18.2 Å². The number of hydrogen-bond donors (Lipinski definition) is 1. The lowest BCUT2D eigenvalue weighted by atomic mass is 10.1. The first-order valence-electron chi connectivity index (χ1n) is 9.19. The number of aromatic nitrogens is 2. The van der Waals surface area contributed by atoms with Gasteiger partial charge in [-0.15, -0.1) is 0 Å². The molecule has 2 aliphatic rings. The Morgan fingerprint density at radius 2 is 1.96 bits per heavy atom. The number of benzene rings is 1. The molecule has 1 saturated carbocycles. The average molecular weight is 342 g/mol. The van der Waals surface area contributed by atoms with Gasteiger partial charge in [0.2, 0.25) is 0 Å². The predicted molar refractivity (Wildman–Crippen MR) is 96.6 cm³/mol. The van der Waals surface area contributed by atoms with Crippen molar-refractivity contribution in [3.8, 4) is 0 Å². The van der Waals surface area contributed by atoms with Crippen molar-refractivity contribution < 1.29 is 9.90 Å². The van der Waals surface area contributed by atoms with Crippen molar-refractivity contribution in [2.24, 2.45) is 7.05 Å². The molecular formula is C19H26N4O2. The van der Waals surface area contributed by atoms with E-state index in [1.54, 1.807) is 0 Å². The van der Waals surface area contributed by atoms with E-state index in [4.69, 9.17) is 0 Å². The van der Waals surface area contributed by atoms with Crippen LogP contribution in [0.2, 0.25) is 0 Å². The summed E-state index contributed by atoms with van der Waals surface area (Å²) in [4.78, 5) is 21.7. The summed E-state index contributed by atoms with van der Waals surface area (Å²) in [5.41, 5.74) is 2.63. The predicted octanol–water partition coefficient (Wildman–Crippen LogP) is 1.55. The summed E-state index contributed by atoms with van der Waals surface area (Å²) in [5.74, 6) is 1.03. The molecule has 6 nitrogen and oxygen atoms in total. The molecule has 2 fully saturated rings. The number of piperazine rings is 1. The van der Waals surface area contributed by atoms with E-state index in [0.717, 1.165) is 62.3 Å². The molecule has 25 heavy (non-hydrogen) atoms. The van der Waals surface area contributed by atoms with Crippen molar-refractivity contribution in [3.05, 3.63) is 29.6 Å². The average Bonchev–Trinajstić information content (AvgIpc) is 3.17. The van der Waals surface area contributed by atoms with Gasteiger partial charge >= 0.3 is 0 Å². The molecule has 1 aromatic heterocycles. The SMILES string of the molecule is Cc1nc2cc(C(=O)N3CCN([C@@H]4CCC[C@@H]4O)CC3)ccc2n1C. The van der Waals surface area contributed by atoms with E-state index in [9.17, 15) is 9.90 Å². The first-order valence-corrected chi connectivity index (χ1v) is 9.19. The zero-order valence-corrected chi connectivity index (χ0v) is 15.0. The maximum atomic E-state index is 12.9. The Bertz CT molecular complexity index is 792. The summed E-state index contributed by atoms with van der Waals surface area (Å²) < 4.78 is 2.04. The van der Waals surface area contributed by atoms with Crippen LogP contribution in [0.25, 0.3) is 11.0 Å². The summed E-state index contributed by atoms with van der Waals surface area (Å²) in [6.45, 7) is 5.11. The number of aliphatic hydroxyl groups excluding tert-OH is 1. The zero-order chi connectivity index (χ0) is 17.6. The van der Waals surface area contributed by atoms with E-state index < -0.39 is 0 Å². The van der Waals surface area contributed by atoms with Crippen molar-refractivity contribution in [2.75, 3.05) is 26.2 Å². The molecule has 0 unspecified atom stereocenters. The Labute approximate surface area is 148 Å². The Morgan fingerprint density at radius 3 is 2.64 bits per heavy atom. The van der Waals surface area contributed by atoms with Gasteiger partial charge in [0.05, 0.1) is 17.1 Å². The first kappa shape index (κ1) is 16.5. The van der Waals surface area contributed by atoms with Gasteiger partial charge in [-0.05, 0) is 44.4 Å². The lowest BCUT2D eigenvalue weighted by Crippen LogP contribution is -2.53. The van der Waals surface area contributed by atoms with Crippen LogP contribution in [-0.4, -0.2) is 68.7 Å². The molecule has 1 aliphatic heterocycles. The summed E-state index contributed by atoms with van der Waals surface area (Å²) in [6, 6.07) is 6.06. The number of nitrogens with zero attached hydrogens (tertiary/aromatic N) is 4. The van der Waals surface area contributed by atoms with Crippen molar-refractivity contribution in [3.63, 3.8) is 0 Å². The largest absolute Gasteiger partial charge is 0.391 e. The molecule has 1 aromatic carbocycles. The van der Waals surface area contributed by atoms with Gasteiger partial charge in [-0.2, -0.15) is 0 Å². The maximum absolute atomic E-state index is 12.9. The van der Waals surface area contributed by atoms with Gasteiger partial charge < -0.3 is 14.6 Å². The molecule has 1 N–H and O–H groups in total. The molecule has 0 radical (unpaired) electrons. The Balaban J connectivity index is 1.45. The third kappa shape index (κ3) is 2.93. The molecule has 2 heterocycles. The standard InChI is InChI=1S/C19H26N4O2/c1-13-20-15-12-14(6-7-16(15)21(13)2)19(25)23-10-8-22(9-11-23)17-4-3-5-18(17)24/h6-7,12,17-18,24H,3-5,8-11H2,1-2H3/t17-,18+/m1/s1. The van der Waals surface area contributed by atoms with Crippen LogP contribution >= 0.6 is 0 Å². The highest BCUT2D eigenvalue weighted by Crippen LogP contribution is 2.25. The lowest BCUT2D eigenvalue weighted by molar-refractivity contribution is 0.0315. The number of aliphatic hydroxyl groups is 1. The lowest BCUT2D eigenvalue weighted by Gasteiger charge is -2.39. The topological polar surface area (TPSA) is 61.6 Å². The Morgan fingerprint density at radius 1 is 1.20 bits per heavy atom. The van der Waals surface area contributed by atoms with Gasteiger partial charge in [0, 0.05) is 44.8 Å². The van der Waals surface area contributed by atoms with Crippen LogP contribution in [0.4, 0.5) is 0 Å². The Kier molecular flexibility index (Phi) is 4.25. The van der Waals surface area contributed by atoms with E-state index in [0.29, 0.717) is 5.56 Å². The molecular weight excluding hydrogens is 316 g/mol. The normalized spacial score (nSPS) is 25.0. The molecule has 0 bridgehead atoms. The highest BCUT2D eigenvalue weighted by molar-refractivity contribution is 5.97. The second kappa shape index (κ2) is 6.42. The summed E-state index contributed by atoms with van der Waals surface area (Å²) in [6.07, 6.45) is 2.89. The molecule has 0 spiro atoms. The highest BCUT2D eigenvalue weighted by Gasteiger charge is 2.33. The minimum atomic E-state index is -0.197. The number of carbonyl (C=O) groups excluding carboxylic acids is 1. The number of amides is 1. The van der Waals surface area contributed by atoms with Crippen molar-refractivity contribution in [1.82, 2.24) is 19.4 Å². The zero-order valence-electron chi connectivity index (χ0n) is 15.0. The minimum absolute atomic E-state index is 0.0804. The smallest absolute Gasteiger partial charge is 0.254 e. The maximum Gasteiger partial charge on any atom is 0.254 e. The number of imidazole rings is 1. The van der Waals surface area contributed by atoms with E-state index in [1.807, 2.05) is 41.6 Å². The molecule has 1 saturated heterocycles. The number of fused-ring (bicyclic) bond motifs is 1. The van der Waals surface area contributed by atoms with Crippen LogP contribution in [0, 0.1) is 6.92 Å². The minimum Gasteiger partial charge on any atom is -0.391 e. The van der Waals surface area contributed by atoms with E-state index in [-0.39, 0.29) is 18.1 Å². The second-order valence-corrected chi connectivity index (χ2v) is 7.32. The van der Waals surface area contributed by atoms with Gasteiger partial charge in [0.25, 0.3) is 5.91 Å². The van der Waals surface area contributed by atoms with Crippen molar-refractivity contribution >= 4 is 16.9 Å². The summed E-state index contributed by atoms with van der Waals surface area (Å²) >= 11 is 0. The molecule has 134 valence electrons. The molecule has 4 rings (SSSR count). The number of rotatable bonds is 2. The second-order valence-electron chi connectivity index (χ2n) is 7.32. The van der Waals surface area contributed by atoms with Crippen molar-refractivity contribution in [1.29, 1.82) is 0 Å². The van der Waals surface area contributed by atoms with Crippen LogP contribution < -0.4 is 0 Å². The highest BCUT2D eigenvalue weighted by atomic mass is 16.3. The van der Waals surface area contributed by atoms with Gasteiger partial charge in [-0.3, -0.25) is 9.69 Å². The molecule has 2 aromatic rings. The third-order valence-corrected chi connectivity index (χ3v) is 5.87. The fourth-order valence-electron chi connectivity index (χ4n) is 4.24. The van der Waals surface area contributed by atoms with Crippen LogP contribution in [0.5, 0.6) is 0 Å². The van der Waals surface area contributed by atoms with Gasteiger partial charge in [0.15, 0.2) is 0 Å². The quantitative estimate of drug-likeness (QED) is 0.900. The van der Waals surface area contributed by atoms with E-state index in [1.165, 1.54) is 0 Å². The van der Waals surface area contributed by atoms with Gasteiger partial charge in [-0.1, -0.05) is 0 Å². The number of hydrogen-bond acceptors (Lipinski definition) is 4.